The zero-order valence-corrected chi connectivity index (χ0v) is 10.4. The minimum absolute atomic E-state index is 0.0586. The second-order valence-electron chi connectivity index (χ2n) is 3.63. The molecule has 0 fully saturated rings. The van der Waals surface area contributed by atoms with Gasteiger partial charge in [0, 0.05) is 6.07 Å². The number of aromatic nitrogens is 1. The largest absolute Gasteiger partial charge is 0.484 e. The highest BCUT2D eigenvalue weighted by atomic mass is 35.5. The lowest BCUT2D eigenvalue weighted by Gasteiger charge is -2.09. The molecular formula is C12H10ClF2N3O. The summed E-state index contributed by atoms with van der Waals surface area (Å²) in [6.45, 7) is -0.0586. The molecule has 0 spiro atoms. The van der Waals surface area contributed by atoms with Gasteiger partial charge >= 0.3 is 0 Å². The summed E-state index contributed by atoms with van der Waals surface area (Å²) in [6.07, 6.45) is 0. The molecule has 0 aliphatic carbocycles. The summed E-state index contributed by atoms with van der Waals surface area (Å²) >= 11 is 5.92. The fourth-order valence-electron chi connectivity index (χ4n) is 1.40. The monoisotopic (exact) mass is 285 g/mol. The van der Waals surface area contributed by atoms with Crippen molar-refractivity contribution in [1.29, 1.82) is 0 Å². The number of pyridine rings is 1. The number of hydrazine groups is 1. The van der Waals surface area contributed by atoms with E-state index in [2.05, 4.69) is 10.4 Å². The predicted octanol–water partition coefficient (Wildman–Crippen LogP) is 2.88. The molecule has 0 amide bonds. The Balaban J connectivity index is 2.14. The molecule has 1 heterocycles. The van der Waals surface area contributed by atoms with Crippen LogP contribution in [0.3, 0.4) is 0 Å². The van der Waals surface area contributed by atoms with Gasteiger partial charge in [0.2, 0.25) is 0 Å². The Morgan fingerprint density at radius 2 is 2.05 bits per heavy atom. The summed E-state index contributed by atoms with van der Waals surface area (Å²) in [4.78, 5) is 4.06. The van der Waals surface area contributed by atoms with E-state index in [0.29, 0.717) is 16.5 Å². The van der Waals surface area contributed by atoms with Gasteiger partial charge in [0.1, 0.15) is 18.2 Å². The Morgan fingerprint density at radius 3 is 2.74 bits per heavy atom. The van der Waals surface area contributed by atoms with Crippen LogP contribution in [0.15, 0.2) is 30.3 Å². The second kappa shape index (κ2) is 5.81. The fraction of sp³-hybridized carbons (Fsp3) is 0.0833. The molecule has 0 aliphatic heterocycles. The molecule has 1 aromatic carbocycles. The van der Waals surface area contributed by atoms with Crippen LogP contribution in [0.25, 0.3) is 0 Å². The molecule has 0 bridgehead atoms. The Kier molecular flexibility index (Phi) is 4.13. The van der Waals surface area contributed by atoms with Crippen molar-refractivity contribution in [2.75, 3.05) is 5.43 Å². The highest BCUT2D eigenvalue weighted by Crippen LogP contribution is 2.21. The lowest BCUT2D eigenvalue weighted by Crippen LogP contribution is -2.10. The Hall–Kier alpha value is -1.92. The normalized spacial score (nSPS) is 10.3. The number of nitrogens with zero attached hydrogens (tertiary/aromatic N) is 1. The predicted molar refractivity (Wildman–Crippen MR) is 67.7 cm³/mol. The van der Waals surface area contributed by atoms with Crippen LogP contribution in [0, 0.1) is 11.6 Å². The standard InChI is InChI=1S/C12H10ClF2N3O/c13-8-2-4-12(18-16)17-10(8)6-19-11-3-1-7(14)5-9(11)15/h1-5H,6,16H2,(H,17,18). The highest BCUT2D eigenvalue weighted by molar-refractivity contribution is 6.31. The average Bonchev–Trinajstić information content (AvgIpc) is 2.39. The third-order valence-corrected chi connectivity index (χ3v) is 2.67. The van der Waals surface area contributed by atoms with E-state index < -0.39 is 11.6 Å². The number of rotatable bonds is 4. The van der Waals surface area contributed by atoms with Crippen LogP contribution in [0.4, 0.5) is 14.6 Å². The van der Waals surface area contributed by atoms with E-state index in [1.54, 1.807) is 12.1 Å². The summed E-state index contributed by atoms with van der Waals surface area (Å²) in [6, 6.07) is 6.21. The lowest BCUT2D eigenvalue weighted by atomic mass is 10.3. The lowest BCUT2D eigenvalue weighted by molar-refractivity contribution is 0.285. The maximum Gasteiger partial charge on any atom is 0.167 e. The molecule has 19 heavy (non-hydrogen) atoms. The third kappa shape index (κ3) is 3.30. The quantitative estimate of drug-likeness (QED) is 0.670. The number of nitrogens with one attached hydrogen (secondary N) is 1. The molecule has 7 heteroatoms. The summed E-state index contributed by atoms with van der Waals surface area (Å²) < 4.78 is 31.3. The van der Waals surface area contributed by atoms with Gasteiger partial charge in [-0.1, -0.05) is 11.6 Å². The molecule has 0 atom stereocenters. The molecule has 100 valence electrons. The highest BCUT2D eigenvalue weighted by Gasteiger charge is 2.08. The van der Waals surface area contributed by atoms with Crippen LogP contribution >= 0.6 is 11.6 Å². The van der Waals surface area contributed by atoms with Crippen molar-refractivity contribution < 1.29 is 13.5 Å². The van der Waals surface area contributed by atoms with Crippen LogP contribution in [-0.4, -0.2) is 4.98 Å². The SMILES string of the molecule is NNc1ccc(Cl)c(COc2ccc(F)cc2F)n1. The molecule has 1 aromatic heterocycles. The van der Waals surface area contributed by atoms with Crippen molar-refractivity contribution in [2.45, 2.75) is 6.61 Å². The van der Waals surface area contributed by atoms with E-state index in [1.165, 1.54) is 6.07 Å². The average molecular weight is 286 g/mol. The van der Waals surface area contributed by atoms with E-state index in [-0.39, 0.29) is 12.4 Å². The first-order chi connectivity index (χ1) is 9.10. The molecule has 2 aromatic rings. The van der Waals surface area contributed by atoms with Crippen LogP contribution < -0.4 is 16.0 Å². The van der Waals surface area contributed by atoms with Crippen molar-refractivity contribution in [1.82, 2.24) is 4.98 Å². The van der Waals surface area contributed by atoms with E-state index >= 15 is 0 Å². The smallest absolute Gasteiger partial charge is 0.167 e. The molecule has 4 nitrogen and oxygen atoms in total. The zero-order valence-electron chi connectivity index (χ0n) is 9.66. The van der Waals surface area contributed by atoms with Gasteiger partial charge in [-0.2, -0.15) is 0 Å². The van der Waals surface area contributed by atoms with Gasteiger partial charge in [-0.15, -0.1) is 0 Å². The number of halogens is 3. The number of anilines is 1. The molecule has 0 aliphatic rings. The van der Waals surface area contributed by atoms with Crippen LogP contribution in [0.5, 0.6) is 5.75 Å². The van der Waals surface area contributed by atoms with Crippen molar-refractivity contribution in [3.8, 4) is 5.75 Å². The number of hydrogen-bond donors (Lipinski definition) is 2. The van der Waals surface area contributed by atoms with Crippen molar-refractivity contribution in [3.05, 3.63) is 52.7 Å². The van der Waals surface area contributed by atoms with E-state index in [0.717, 1.165) is 12.1 Å². The summed E-state index contributed by atoms with van der Waals surface area (Å²) in [5, 5.41) is 0.363. The number of nitrogen functional groups attached to an aromatic ring is 1. The van der Waals surface area contributed by atoms with Gasteiger partial charge in [-0.25, -0.2) is 19.6 Å². The second-order valence-corrected chi connectivity index (χ2v) is 4.04. The minimum Gasteiger partial charge on any atom is -0.484 e. The van der Waals surface area contributed by atoms with Gasteiger partial charge in [0.15, 0.2) is 11.6 Å². The fourth-order valence-corrected chi connectivity index (χ4v) is 1.56. The molecule has 3 N–H and O–H groups in total. The van der Waals surface area contributed by atoms with Gasteiger partial charge < -0.3 is 10.2 Å². The molecule has 2 rings (SSSR count). The molecule has 0 saturated carbocycles. The maximum atomic E-state index is 13.3. The number of benzene rings is 1. The van der Waals surface area contributed by atoms with Crippen molar-refractivity contribution in [3.63, 3.8) is 0 Å². The van der Waals surface area contributed by atoms with Crippen molar-refractivity contribution >= 4 is 17.4 Å². The molecule has 0 saturated heterocycles. The molecule has 0 unspecified atom stereocenters. The van der Waals surface area contributed by atoms with E-state index in [4.69, 9.17) is 22.2 Å². The van der Waals surface area contributed by atoms with Crippen molar-refractivity contribution in [2.24, 2.45) is 5.84 Å². The number of nitrogens with two attached hydrogens (primary N) is 1. The summed E-state index contributed by atoms with van der Waals surface area (Å²) in [5.41, 5.74) is 2.75. The van der Waals surface area contributed by atoms with Crippen LogP contribution in [0.1, 0.15) is 5.69 Å². The number of ether oxygens (including phenoxy) is 1. The molecule has 0 radical (unpaired) electrons. The summed E-state index contributed by atoms with van der Waals surface area (Å²) in [5.74, 6) is 4.09. The Morgan fingerprint density at radius 1 is 1.26 bits per heavy atom. The van der Waals surface area contributed by atoms with Gasteiger partial charge in [0.05, 0.1) is 10.7 Å². The van der Waals surface area contributed by atoms with Gasteiger partial charge in [-0.05, 0) is 24.3 Å². The van der Waals surface area contributed by atoms with E-state index in [1.807, 2.05) is 0 Å². The van der Waals surface area contributed by atoms with Gasteiger partial charge in [0.25, 0.3) is 0 Å². The zero-order chi connectivity index (χ0) is 13.8. The topological polar surface area (TPSA) is 60.2 Å². The minimum atomic E-state index is -0.788. The third-order valence-electron chi connectivity index (χ3n) is 2.32. The van der Waals surface area contributed by atoms with Crippen LogP contribution in [0.2, 0.25) is 5.02 Å². The Bertz CT molecular complexity index is 595. The number of hydrogen-bond acceptors (Lipinski definition) is 4. The van der Waals surface area contributed by atoms with Gasteiger partial charge in [-0.3, -0.25) is 0 Å². The summed E-state index contributed by atoms with van der Waals surface area (Å²) in [7, 11) is 0. The van der Waals surface area contributed by atoms with E-state index in [9.17, 15) is 8.78 Å². The first kappa shape index (κ1) is 13.5. The maximum absolute atomic E-state index is 13.3. The molecular weight excluding hydrogens is 276 g/mol. The first-order valence-corrected chi connectivity index (χ1v) is 5.68. The first-order valence-electron chi connectivity index (χ1n) is 5.30. The van der Waals surface area contributed by atoms with Crippen LogP contribution in [-0.2, 0) is 6.61 Å². The Labute approximate surface area is 113 Å².